The average molecular weight is 2450 g/mol. The van der Waals surface area contributed by atoms with Gasteiger partial charge in [0.25, 0.3) is 5.91 Å². The zero-order valence-electron chi connectivity index (χ0n) is 72.6. The summed E-state index contributed by atoms with van der Waals surface area (Å²) < 4.78 is 200. The van der Waals surface area contributed by atoms with Crippen molar-refractivity contribution >= 4 is 175 Å². The first kappa shape index (κ1) is 126. The molecule has 0 unspecified atom stereocenters. The monoisotopic (exact) mass is 2440 g/mol. The van der Waals surface area contributed by atoms with E-state index in [9.17, 15) is 91.4 Å². The van der Waals surface area contributed by atoms with Crippen LogP contribution < -0.4 is 35.1 Å². The highest BCUT2D eigenvalue weighted by Gasteiger charge is 2.44. The van der Waals surface area contributed by atoms with Crippen LogP contribution in [0, 0.1) is 57.4 Å². The number of halogens is 18. The van der Waals surface area contributed by atoms with Crippen molar-refractivity contribution in [1.29, 1.82) is 0 Å². The third kappa shape index (κ3) is 42.9. The van der Waals surface area contributed by atoms with Crippen LogP contribution in [0.5, 0.6) is 34.5 Å². The van der Waals surface area contributed by atoms with Gasteiger partial charge in [-0.1, -0.05) is 136 Å². The van der Waals surface area contributed by atoms with Crippen molar-refractivity contribution in [2.24, 2.45) is 16.7 Å². The van der Waals surface area contributed by atoms with Crippen molar-refractivity contribution < 1.29 is 173 Å². The summed E-state index contributed by atoms with van der Waals surface area (Å²) in [6.07, 6.45) is 0. The molecule has 0 saturated carbocycles. The fourth-order valence-electron chi connectivity index (χ4n) is 9.16. The Kier molecular flexibility index (Phi) is 54.1. The van der Waals surface area contributed by atoms with E-state index in [1.165, 1.54) is 51.7 Å². The third-order valence-electron chi connectivity index (χ3n) is 16.2. The van der Waals surface area contributed by atoms with Crippen LogP contribution in [0.4, 0.5) is 48.3 Å². The van der Waals surface area contributed by atoms with Crippen molar-refractivity contribution in [2.45, 2.75) is 88.3 Å². The molecular weight excluding hydrogens is 2360 g/mol. The molecule has 0 aliphatic rings. The average Bonchev–Trinajstić information content (AvgIpc) is 0.831. The molecule has 9 N–H and O–H groups in total. The number of rotatable bonds is 20. The number of nitrogens with one attached hydrogen (secondary N) is 1. The molecule has 0 saturated heterocycles. The summed E-state index contributed by atoms with van der Waals surface area (Å²) in [5.74, 6) is -8.72. The molecule has 756 valence electrons. The Morgan fingerprint density at radius 2 is 0.614 bits per heavy atom. The Labute approximate surface area is 853 Å². The Hall–Kier alpha value is -12.1. The Morgan fingerprint density at radius 3 is 0.914 bits per heavy atom. The Morgan fingerprint density at radius 1 is 0.357 bits per heavy atom. The van der Waals surface area contributed by atoms with Crippen LogP contribution in [0.1, 0.15) is 151 Å². The van der Waals surface area contributed by atoms with Crippen molar-refractivity contribution in [3.05, 3.63) is 345 Å². The number of hydrogen-bond donors (Lipinski definition) is 8. The zero-order valence-corrected chi connectivity index (χ0v) is 84.5. The van der Waals surface area contributed by atoms with Gasteiger partial charge in [-0.15, -0.1) is 0 Å². The summed E-state index contributed by atoms with van der Waals surface area (Å²) in [6, 6.07) is 52.4. The lowest BCUT2D eigenvalue weighted by molar-refractivity contribution is -0.158. The van der Waals surface area contributed by atoms with Gasteiger partial charge in [0.1, 0.15) is 135 Å². The standard InChI is InChI=1S/C21H16BrFO3.C19H19BrFNO4.C14H10BrFO3.C9H8BrFO3.C8H6BrFO3.C7H3BrF2O2.C7H4BrFO3.C5H11NO2.CHF3O3S.2CH4/c22-18-12-20(25-13-15-7-3-1-4-8-15)17(11-19(18)23)21(24)26-14-16-9-5-2-6-10-16;1-19(2,3)18(24)26-22-17(23)13-9-15(21)14(20)10-16(13)25-11-12-7-5-4-6-8-12;15-11-7-13(10(14(17)18)6-12(11)16)19-8-9-4-2-1-3-5-9;1-13-8-4-6(10)7(11)3-5(8)9(12)14-2;1-13-7-3-5(9)6(10)2-4(7)8(11)12;8-4-2-5(9)3(7(11)12)1-6(4)10;8-4-2-6(10)3(7(11)12)1-5(4)9;1-5(2,3)4(7)8-6;2-1(3,4)8(5,6)7;;/h1-12H,13-14H2;4-10H,11H2,1-3H3,(H,22,23);1-7H,8H2,(H,17,18);3-4H,1-2H3;2-3H,1H3,(H,11,12);1-2H,(H,11,12);1-2,10H,(H,11,12);6H2,1-3H3;(H,5,6,7);2*1H4. The first-order valence-corrected chi connectivity index (χ1v) is 44.9. The molecule has 0 aliphatic heterocycles. The molecule has 0 aliphatic carbocycles. The van der Waals surface area contributed by atoms with Crippen molar-refractivity contribution in [2.75, 3.05) is 21.3 Å². The van der Waals surface area contributed by atoms with E-state index in [2.05, 4.69) is 127 Å². The largest absolute Gasteiger partial charge is 0.522 e. The molecule has 47 heteroatoms. The molecule has 140 heavy (non-hydrogen) atoms. The van der Waals surface area contributed by atoms with E-state index in [1.807, 2.05) is 127 Å². The van der Waals surface area contributed by atoms with Crippen LogP contribution in [0.25, 0.3) is 0 Å². The van der Waals surface area contributed by atoms with Gasteiger partial charge >= 0.3 is 63.4 Å². The maximum atomic E-state index is 13.9. The molecule has 0 atom stereocenters. The number of methoxy groups -OCH3 is 3. The van der Waals surface area contributed by atoms with E-state index < -0.39 is 144 Å². The maximum absolute atomic E-state index is 13.9. The molecule has 1 amide bonds. The van der Waals surface area contributed by atoms with E-state index >= 15 is 0 Å². The van der Waals surface area contributed by atoms with Gasteiger partial charge in [0.05, 0.1) is 74.6 Å². The van der Waals surface area contributed by atoms with Crippen molar-refractivity contribution in [3.8, 4) is 34.5 Å². The molecule has 0 radical (unpaired) electrons. The number of benzene rings is 11. The second-order valence-electron chi connectivity index (χ2n) is 28.5. The number of aromatic carboxylic acids is 4. The number of amides is 1. The highest BCUT2D eigenvalue weighted by molar-refractivity contribution is 9.11. The lowest BCUT2D eigenvalue weighted by Crippen LogP contribution is -2.33. The number of aromatic hydroxyl groups is 1. The predicted molar refractivity (Wildman–Crippen MR) is 514 cm³/mol. The van der Waals surface area contributed by atoms with Gasteiger partial charge < -0.3 is 68.4 Å². The second kappa shape index (κ2) is 60.1. The minimum Gasteiger partial charge on any atom is -0.507 e. The SMILES string of the molecule is C.C.CC(C)(C)C(=O)ON.CC(C)(C)C(=O)ONC(=O)c1cc(F)c(Br)cc1OCc1ccccc1.COC(=O)c1cc(F)c(Br)cc1OC.COc1cc(Br)c(F)cc1C(=O)O.O=C(O)c1cc(F)c(Br)cc1F.O=C(O)c1cc(F)c(Br)cc1O.O=C(O)c1cc(F)c(Br)cc1OCc1ccccc1.O=C(OCc1ccccc1)c1cc(F)c(Br)cc1OCc1ccccc1.O=S(=O)(O)C(F)(F)F. The van der Waals surface area contributed by atoms with E-state index in [-0.39, 0.29) is 129 Å². The summed E-state index contributed by atoms with van der Waals surface area (Å²) in [7, 11) is -1.90. The molecule has 0 fully saturated rings. The van der Waals surface area contributed by atoms with E-state index in [0.29, 0.717) is 6.07 Å². The number of carbonyl (C=O) groups is 9. The smallest absolute Gasteiger partial charge is 0.507 e. The fourth-order valence-corrected chi connectivity index (χ4v) is 11.4. The van der Waals surface area contributed by atoms with Gasteiger partial charge in [-0.3, -0.25) is 9.35 Å². The van der Waals surface area contributed by atoms with Crippen molar-refractivity contribution in [1.82, 2.24) is 5.48 Å². The summed E-state index contributed by atoms with van der Waals surface area (Å²) in [5, 5.41) is 43.5. The number of hydrogen-bond acceptors (Lipinski definition) is 22. The number of hydroxylamine groups is 1. The van der Waals surface area contributed by atoms with Gasteiger partial charge in [0.15, 0.2) is 0 Å². The number of esters is 2. The lowest BCUT2D eigenvalue weighted by atomic mass is 9.98. The van der Waals surface area contributed by atoms with Crippen LogP contribution >= 0.6 is 112 Å². The van der Waals surface area contributed by atoms with E-state index in [4.69, 9.17) is 71.8 Å². The van der Waals surface area contributed by atoms with Crippen LogP contribution in [0.15, 0.2) is 238 Å². The van der Waals surface area contributed by atoms with E-state index in [0.717, 1.165) is 70.8 Å². The second-order valence-corrected chi connectivity index (χ2v) is 35.9. The lowest BCUT2D eigenvalue weighted by Gasteiger charge is -2.17. The minimum atomic E-state index is -5.84. The highest BCUT2D eigenvalue weighted by Crippen LogP contribution is 2.35. The number of carboxylic acids is 4. The summed E-state index contributed by atoms with van der Waals surface area (Å²) in [4.78, 5) is 109. The van der Waals surface area contributed by atoms with Gasteiger partial charge in [0.2, 0.25) is 0 Å². The summed E-state index contributed by atoms with van der Waals surface area (Å²) in [5.41, 5.74) is -2.65. The quantitative estimate of drug-likeness (QED) is 0.00668. The van der Waals surface area contributed by atoms with Gasteiger partial charge in [-0.25, -0.2) is 73.5 Å². The number of nitrogens with two attached hydrogens (primary N) is 1. The summed E-state index contributed by atoms with van der Waals surface area (Å²) >= 11 is 20.6. The first-order valence-electron chi connectivity index (χ1n) is 37.9. The molecule has 11 aromatic rings. The number of alkyl halides is 3. The topological polar surface area (TPSA) is 430 Å². The van der Waals surface area contributed by atoms with Crippen molar-refractivity contribution in [3.63, 3.8) is 0 Å². The number of carbonyl (C=O) groups excluding carboxylic acids is 5. The predicted octanol–water partition coefficient (Wildman–Crippen LogP) is 25.0. The molecule has 0 aromatic heterocycles. The molecule has 28 nitrogen and oxygen atoms in total. The van der Waals surface area contributed by atoms with Crippen LogP contribution in [-0.2, 0) is 65.3 Å². The molecule has 0 heterocycles. The maximum Gasteiger partial charge on any atom is 0.522 e. The molecule has 0 spiro atoms. The molecule has 0 bridgehead atoms. The van der Waals surface area contributed by atoms with E-state index in [1.54, 1.807) is 41.5 Å². The summed E-state index contributed by atoms with van der Waals surface area (Å²) in [6.45, 7) is 10.9. The van der Waals surface area contributed by atoms with Crippen LogP contribution in [0.2, 0.25) is 0 Å². The number of carboxylic acid groups (broad SMARTS) is 4. The third-order valence-corrected chi connectivity index (χ3v) is 21.0. The molecular formula is C93H86Br7F11N2O26S. The normalized spacial score (nSPS) is 10.3. The molecule has 11 rings (SSSR count). The first-order chi connectivity index (χ1) is 64.3. The highest BCUT2D eigenvalue weighted by atomic mass is 79.9. The van der Waals surface area contributed by atoms with Gasteiger partial charge in [-0.05, 0) is 260 Å². The van der Waals surface area contributed by atoms with Crippen LogP contribution in [-0.4, -0.2) is 119 Å². The number of phenols is 1. The Bertz CT molecular complexity index is 6120. The van der Waals surface area contributed by atoms with Gasteiger partial charge in [0, 0.05) is 0 Å². The minimum absolute atomic E-state index is 0. The number of ether oxygens (including phenoxy) is 7. The Balaban J connectivity index is 0.000000808. The van der Waals surface area contributed by atoms with Crippen LogP contribution in [0.3, 0.4) is 0 Å². The molecule has 11 aromatic carbocycles. The zero-order chi connectivity index (χ0) is 105. The fraction of sp³-hybridized carbons (Fsp3) is 0.194. The van der Waals surface area contributed by atoms with Gasteiger partial charge in [-0.2, -0.15) is 33.0 Å².